The first-order chi connectivity index (χ1) is 16.5. The Morgan fingerprint density at radius 2 is 2.09 bits per heavy atom. The normalized spacial score (nSPS) is 15.8. The summed E-state index contributed by atoms with van der Waals surface area (Å²) in [5.41, 5.74) is 1.28. The molecule has 6 nitrogen and oxygen atoms in total. The highest BCUT2D eigenvalue weighted by molar-refractivity contribution is 7.99. The zero-order valence-corrected chi connectivity index (χ0v) is 21.2. The van der Waals surface area contributed by atoms with Crippen molar-refractivity contribution >= 4 is 57.3 Å². The zero-order chi connectivity index (χ0) is 23.8. The highest BCUT2D eigenvalue weighted by atomic mass is 35.5. The van der Waals surface area contributed by atoms with Gasteiger partial charge >= 0.3 is 0 Å². The van der Waals surface area contributed by atoms with Crippen molar-refractivity contribution in [3.8, 4) is 17.1 Å². The van der Waals surface area contributed by atoms with E-state index in [0.717, 1.165) is 30.8 Å². The van der Waals surface area contributed by atoms with Crippen LogP contribution in [0.4, 0.5) is 4.39 Å². The largest absolute Gasteiger partial charge is 0.495 e. The number of thioether (sulfide) groups is 1. The van der Waals surface area contributed by atoms with Crippen LogP contribution in [0, 0.1) is 9.77 Å². The van der Waals surface area contributed by atoms with E-state index in [0.29, 0.717) is 47.4 Å². The lowest BCUT2D eigenvalue weighted by Crippen LogP contribution is -2.22. The van der Waals surface area contributed by atoms with Crippen LogP contribution >= 0.6 is 46.9 Å². The van der Waals surface area contributed by atoms with Crippen LogP contribution in [0.25, 0.3) is 21.7 Å². The number of benzene rings is 2. The molecule has 1 unspecified atom stereocenters. The van der Waals surface area contributed by atoms with Gasteiger partial charge in [-0.15, -0.1) is 0 Å². The minimum atomic E-state index is -0.380. The van der Waals surface area contributed by atoms with Crippen LogP contribution in [0.3, 0.4) is 0 Å². The number of nitrogens with zero attached hydrogens (tertiary/aromatic N) is 3. The predicted molar refractivity (Wildman–Crippen MR) is 137 cm³/mol. The van der Waals surface area contributed by atoms with Gasteiger partial charge in [0.2, 0.25) is 0 Å². The summed E-state index contributed by atoms with van der Waals surface area (Å²) < 4.78 is 28.9. The first kappa shape index (κ1) is 23.5. The number of ether oxygens (including phenoxy) is 2. The monoisotopic (exact) mass is 535 g/mol. The Bertz CT molecular complexity index is 1480. The Labute approximate surface area is 212 Å². The second-order valence-electron chi connectivity index (χ2n) is 7.63. The molecule has 0 saturated carbocycles. The quantitative estimate of drug-likeness (QED) is 0.170. The van der Waals surface area contributed by atoms with Gasteiger partial charge in [-0.1, -0.05) is 34.7 Å². The van der Waals surface area contributed by atoms with Crippen molar-refractivity contribution in [3.63, 3.8) is 0 Å². The number of methoxy groups -OCH3 is 1. The standard InChI is InChI=1S/C23H19ClFN3O3S3/c1-30-18-9-4-13(24)11-17(18)28-20-19(34-23(28)32)21(29)27(15-7-5-14(25)6-8-15)22(26-20)33-12-16-3-2-10-31-16/h4-9,11,16H,2-3,10,12H2,1H3. The van der Waals surface area contributed by atoms with E-state index in [1.807, 2.05) is 0 Å². The summed E-state index contributed by atoms with van der Waals surface area (Å²) in [6.45, 7) is 0.737. The van der Waals surface area contributed by atoms with Crippen LogP contribution in [0.1, 0.15) is 12.8 Å². The average molecular weight is 536 g/mol. The number of hydrogen-bond donors (Lipinski definition) is 0. The van der Waals surface area contributed by atoms with Gasteiger partial charge in [0.05, 0.1) is 24.6 Å². The van der Waals surface area contributed by atoms with Gasteiger partial charge in [0, 0.05) is 17.4 Å². The molecule has 34 heavy (non-hydrogen) atoms. The van der Waals surface area contributed by atoms with Crippen molar-refractivity contribution in [2.45, 2.75) is 24.1 Å². The second-order valence-corrected chi connectivity index (χ2v) is 10.7. The summed E-state index contributed by atoms with van der Waals surface area (Å²) in [4.78, 5) is 18.6. The first-order valence-electron chi connectivity index (χ1n) is 10.5. The molecule has 1 saturated heterocycles. The van der Waals surface area contributed by atoms with Gasteiger partial charge in [0.15, 0.2) is 14.8 Å². The third kappa shape index (κ3) is 4.40. The third-order valence-corrected chi connectivity index (χ3v) is 8.12. The minimum Gasteiger partial charge on any atom is -0.495 e. The zero-order valence-electron chi connectivity index (χ0n) is 18.0. The molecule has 0 bridgehead atoms. The average Bonchev–Trinajstić information content (AvgIpc) is 3.46. The maximum Gasteiger partial charge on any atom is 0.278 e. The molecule has 5 rings (SSSR count). The summed E-state index contributed by atoms with van der Waals surface area (Å²) >= 11 is 14.5. The molecular formula is C23H19ClFN3O3S3. The van der Waals surface area contributed by atoms with E-state index in [9.17, 15) is 9.18 Å². The van der Waals surface area contributed by atoms with Gasteiger partial charge in [0.25, 0.3) is 5.56 Å². The van der Waals surface area contributed by atoms with E-state index >= 15 is 0 Å². The van der Waals surface area contributed by atoms with Crippen molar-refractivity contribution in [1.82, 2.24) is 14.1 Å². The van der Waals surface area contributed by atoms with Crippen LogP contribution in [0.15, 0.2) is 52.4 Å². The number of hydrogen-bond acceptors (Lipinski definition) is 7. The fourth-order valence-electron chi connectivity index (χ4n) is 3.84. The smallest absolute Gasteiger partial charge is 0.278 e. The van der Waals surface area contributed by atoms with E-state index in [1.165, 1.54) is 28.5 Å². The predicted octanol–water partition coefficient (Wildman–Crippen LogP) is 6.04. The highest BCUT2D eigenvalue weighted by Crippen LogP contribution is 2.33. The summed E-state index contributed by atoms with van der Waals surface area (Å²) in [6, 6.07) is 11.0. The fourth-order valence-corrected chi connectivity index (χ4v) is 6.37. The van der Waals surface area contributed by atoms with Gasteiger partial charge in [0.1, 0.15) is 16.3 Å². The highest BCUT2D eigenvalue weighted by Gasteiger charge is 2.23. The Kier molecular flexibility index (Phi) is 6.76. The number of fused-ring (bicyclic) bond motifs is 1. The molecule has 176 valence electrons. The molecule has 2 aromatic heterocycles. The number of thiazole rings is 1. The maximum absolute atomic E-state index is 13.7. The Hall–Kier alpha value is -2.24. The van der Waals surface area contributed by atoms with Crippen LogP contribution in [-0.4, -0.2) is 39.7 Å². The molecule has 1 atom stereocenters. The number of rotatable bonds is 6. The molecule has 0 radical (unpaired) electrons. The topological polar surface area (TPSA) is 58.3 Å². The summed E-state index contributed by atoms with van der Waals surface area (Å²) in [5.74, 6) is 0.817. The van der Waals surface area contributed by atoms with Crippen LogP contribution in [0.2, 0.25) is 5.02 Å². The lowest BCUT2D eigenvalue weighted by Gasteiger charge is -2.15. The summed E-state index contributed by atoms with van der Waals surface area (Å²) in [7, 11) is 1.56. The van der Waals surface area contributed by atoms with Gasteiger partial charge in [-0.2, -0.15) is 0 Å². The number of aromatic nitrogens is 3. The molecule has 0 amide bonds. The molecule has 2 aromatic carbocycles. The Morgan fingerprint density at radius 3 is 2.79 bits per heavy atom. The van der Waals surface area contributed by atoms with Crippen LogP contribution < -0.4 is 10.3 Å². The van der Waals surface area contributed by atoms with E-state index in [2.05, 4.69) is 0 Å². The summed E-state index contributed by atoms with van der Waals surface area (Å²) in [6.07, 6.45) is 2.07. The number of halogens is 2. The third-order valence-electron chi connectivity index (χ3n) is 5.47. The molecular weight excluding hydrogens is 517 g/mol. The van der Waals surface area contributed by atoms with Crippen molar-refractivity contribution in [3.05, 3.63) is 67.6 Å². The molecule has 1 aliphatic heterocycles. The summed E-state index contributed by atoms with van der Waals surface area (Å²) in [5, 5.41) is 0.979. The molecule has 1 aliphatic rings. The van der Waals surface area contributed by atoms with Crippen LogP contribution in [-0.2, 0) is 4.74 Å². The minimum absolute atomic E-state index is 0.0939. The van der Waals surface area contributed by atoms with Gasteiger partial charge in [-0.05, 0) is 67.5 Å². The van der Waals surface area contributed by atoms with E-state index < -0.39 is 0 Å². The Morgan fingerprint density at radius 1 is 1.29 bits per heavy atom. The van der Waals surface area contributed by atoms with Crippen molar-refractivity contribution in [2.75, 3.05) is 19.5 Å². The maximum atomic E-state index is 13.7. The molecule has 3 heterocycles. The lowest BCUT2D eigenvalue weighted by atomic mass is 10.3. The van der Waals surface area contributed by atoms with Gasteiger partial charge in [-0.3, -0.25) is 13.9 Å². The first-order valence-corrected chi connectivity index (χ1v) is 13.1. The Balaban J connectivity index is 1.74. The van der Waals surface area contributed by atoms with E-state index in [1.54, 1.807) is 42.0 Å². The molecule has 1 fully saturated rings. The molecule has 0 spiro atoms. The molecule has 4 aromatic rings. The van der Waals surface area contributed by atoms with E-state index in [-0.39, 0.29) is 17.5 Å². The van der Waals surface area contributed by atoms with Crippen LogP contribution in [0.5, 0.6) is 5.75 Å². The SMILES string of the molecule is COc1ccc(Cl)cc1-n1c(=S)sc2c(=O)n(-c3ccc(F)cc3)c(SCC3CCCO3)nc21. The van der Waals surface area contributed by atoms with E-state index in [4.69, 9.17) is 38.3 Å². The van der Waals surface area contributed by atoms with Crippen molar-refractivity contribution in [1.29, 1.82) is 0 Å². The molecule has 11 heteroatoms. The van der Waals surface area contributed by atoms with Crippen molar-refractivity contribution < 1.29 is 13.9 Å². The van der Waals surface area contributed by atoms with Gasteiger partial charge < -0.3 is 9.47 Å². The lowest BCUT2D eigenvalue weighted by molar-refractivity contribution is 0.129. The van der Waals surface area contributed by atoms with Gasteiger partial charge in [-0.25, -0.2) is 9.37 Å². The molecule has 0 aliphatic carbocycles. The van der Waals surface area contributed by atoms with Crippen molar-refractivity contribution in [2.24, 2.45) is 0 Å². The second kappa shape index (κ2) is 9.79. The fraction of sp³-hybridized carbons (Fsp3) is 0.261. The molecule has 0 N–H and O–H groups in total.